The fraction of sp³-hybridized carbons (Fsp3) is 1.00. The van der Waals surface area contributed by atoms with E-state index in [1.165, 1.54) is 0 Å². The van der Waals surface area contributed by atoms with Crippen molar-refractivity contribution in [3.05, 3.63) is 0 Å². The van der Waals surface area contributed by atoms with E-state index in [0.29, 0.717) is 0 Å². The average molecular weight is 486 g/mol. The summed E-state index contributed by atoms with van der Waals surface area (Å²) in [5, 5.41) is 0. The van der Waals surface area contributed by atoms with Crippen LogP contribution in [0.1, 0.15) is 0 Å². The molecule has 0 aliphatic heterocycles. The predicted molar refractivity (Wildman–Crippen MR) is 47.8 cm³/mol. The van der Waals surface area contributed by atoms with Crippen LogP contribution in [0.15, 0.2) is 0 Å². The van der Waals surface area contributed by atoms with Crippen LogP contribution in [0.3, 0.4) is 0 Å². The highest BCUT2D eigenvalue weighted by atomic mass is 19.4. The van der Waals surface area contributed by atoms with Crippen LogP contribution in [-0.4, -0.2) is 54.4 Å². The first kappa shape index (κ1) is 27.6. The van der Waals surface area contributed by atoms with Gasteiger partial charge < -0.3 is 0 Å². The highest BCUT2D eigenvalue weighted by Crippen LogP contribution is 2.59. The van der Waals surface area contributed by atoms with Gasteiger partial charge in [0.1, 0.15) is 0 Å². The molecule has 20 heteroatoms. The minimum Gasteiger partial charge on any atom is -0.245 e. The second kappa shape index (κ2) is 6.82. The minimum atomic E-state index is -8.27. The van der Waals surface area contributed by atoms with Gasteiger partial charge in [-0.25, -0.2) is 13.5 Å². The fourth-order valence-corrected chi connectivity index (χ4v) is 1.18. The third kappa shape index (κ3) is 3.87. The second-order valence-electron chi connectivity index (χ2n) is 4.85. The minimum absolute atomic E-state index is 0.993. The molecule has 0 unspecified atom stereocenters. The molecular formula is C9HF19O. The van der Waals surface area contributed by atoms with Crippen molar-refractivity contribution in [1.82, 2.24) is 0 Å². The third-order valence-electron chi connectivity index (χ3n) is 2.82. The molecule has 0 aromatic heterocycles. The number of rotatable bonds is 8. The smallest absolute Gasteiger partial charge is 0.245 e. The molecule has 0 radical (unpaired) electrons. The van der Waals surface area contributed by atoms with Crippen LogP contribution in [-0.2, 0) is 4.74 Å². The highest BCUT2D eigenvalue weighted by Gasteiger charge is 2.88. The van der Waals surface area contributed by atoms with E-state index in [4.69, 9.17) is 0 Å². The van der Waals surface area contributed by atoms with Gasteiger partial charge in [0.25, 0.3) is 0 Å². The van der Waals surface area contributed by atoms with Crippen molar-refractivity contribution in [3.63, 3.8) is 0 Å². The lowest BCUT2D eigenvalue weighted by molar-refractivity contribution is -0.520. The summed E-state index contributed by atoms with van der Waals surface area (Å²) in [4.78, 5) is 0. The first-order valence-electron chi connectivity index (χ1n) is 5.85. The molecule has 0 N–H and O–H groups in total. The lowest BCUT2D eigenvalue weighted by Crippen LogP contribution is -2.68. The summed E-state index contributed by atoms with van der Waals surface area (Å²) < 4.78 is 237. The van der Waals surface area contributed by atoms with E-state index in [2.05, 4.69) is 0 Å². The van der Waals surface area contributed by atoms with Crippen LogP contribution in [0.5, 0.6) is 0 Å². The molecule has 0 aromatic carbocycles. The molecule has 0 bridgehead atoms. The Labute approximate surface area is 144 Å². The second-order valence-corrected chi connectivity index (χ2v) is 4.85. The Balaban J connectivity index is 6.31. The molecule has 0 saturated heterocycles. The molecule has 0 saturated carbocycles. The Morgan fingerprint density at radius 3 is 0.931 bits per heavy atom. The Bertz CT molecular complexity index is 585. The van der Waals surface area contributed by atoms with Gasteiger partial charge in [0.15, 0.2) is 0 Å². The Morgan fingerprint density at radius 1 is 0.414 bits per heavy atom. The molecule has 0 aliphatic carbocycles. The topological polar surface area (TPSA) is 9.23 Å². The van der Waals surface area contributed by atoms with E-state index < -0.39 is 54.4 Å². The van der Waals surface area contributed by atoms with E-state index in [-0.39, 0.29) is 0 Å². The average Bonchev–Trinajstić information content (AvgIpc) is 2.43. The van der Waals surface area contributed by atoms with E-state index in [0.717, 1.165) is 4.74 Å². The lowest BCUT2D eigenvalue weighted by Gasteiger charge is -2.39. The van der Waals surface area contributed by atoms with Gasteiger partial charge in [0, 0.05) is 0 Å². The molecule has 0 heterocycles. The van der Waals surface area contributed by atoms with Gasteiger partial charge in [-0.3, -0.25) is 0 Å². The van der Waals surface area contributed by atoms with E-state index in [1.54, 1.807) is 0 Å². The van der Waals surface area contributed by atoms with Crippen LogP contribution in [0, 0.1) is 0 Å². The number of halogens is 19. The number of alkyl halides is 19. The van der Waals surface area contributed by atoms with Gasteiger partial charge in [0.05, 0.1) is 0 Å². The quantitative estimate of drug-likeness (QED) is 0.372. The first-order valence-corrected chi connectivity index (χ1v) is 5.85. The van der Waals surface area contributed by atoms with Crippen LogP contribution in [0.4, 0.5) is 83.4 Å². The Kier molecular flexibility index (Phi) is 6.50. The molecule has 0 amide bonds. The van der Waals surface area contributed by atoms with Gasteiger partial charge in [0.2, 0.25) is 0 Å². The summed E-state index contributed by atoms with van der Waals surface area (Å²) in [6, 6.07) is 0. The van der Waals surface area contributed by atoms with Crippen molar-refractivity contribution in [3.8, 4) is 0 Å². The van der Waals surface area contributed by atoms with Gasteiger partial charge in [-0.05, 0) is 0 Å². The Morgan fingerprint density at radius 2 is 0.690 bits per heavy atom. The maximum Gasteiger partial charge on any atom is 0.460 e. The van der Waals surface area contributed by atoms with Gasteiger partial charge in [-0.1, -0.05) is 0 Å². The zero-order valence-electron chi connectivity index (χ0n) is 12.2. The zero-order valence-corrected chi connectivity index (χ0v) is 12.2. The van der Waals surface area contributed by atoms with E-state index in [9.17, 15) is 83.4 Å². The molecule has 0 spiro atoms. The maximum atomic E-state index is 12.9. The van der Waals surface area contributed by atoms with Crippen molar-refractivity contribution in [1.29, 1.82) is 0 Å². The summed E-state index contributed by atoms with van der Waals surface area (Å²) in [7, 11) is 0. The molecule has 29 heavy (non-hydrogen) atoms. The Hall–Kier alpha value is -1.37. The van der Waals surface area contributed by atoms with Crippen LogP contribution in [0.25, 0.3) is 0 Å². The number of hydrogen-bond acceptors (Lipinski definition) is 1. The molecule has 176 valence electrons. The molecular weight excluding hydrogens is 485 g/mol. The van der Waals surface area contributed by atoms with Crippen molar-refractivity contribution >= 4 is 0 Å². The summed E-state index contributed by atoms with van der Waals surface area (Å²) in [5.41, 5.74) is 0. The number of ether oxygens (including phenoxy) is 1. The zero-order chi connectivity index (χ0) is 24.3. The van der Waals surface area contributed by atoms with Gasteiger partial charge >= 0.3 is 54.4 Å². The van der Waals surface area contributed by atoms with Crippen molar-refractivity contribution in [2.75, 3.05) is 0 Å². The van der Waals surface area contributed by atoms with Crippen molar-refractivity contribution in [2.24, 2.45) is 0 Å². The SMILES string of the molecule is FC(F)C(F)(F)C(F)(F)C(F)(F)C(F)(F)OC(F)(F)C(F)(F)C(F)(F)C(F)(F)F. The van der Waals surface area contributed by atoms with E-state index in [1.807, 2.05) is 0 Å². The molecule has 0 aromatic rings. The summed E-state index contributed by atoms with van der Waals surface area (Å²) in [6.45, 7) is 0. The van der Waals surface area contributed by atoms with Crippen LogP contribution < -0.4 is 0 Å². The van der Waals surface area contributed by atoms with Crippen LogP contribution in [0.2, 0.25) is 0 Å². The summed E-state index contributed by atoms with van der Waals surface area (Å²) >= 11 is 0. The van der Waals surface area contributed by atoms with Crippen molar-refractivity contribution < 1.29 is 88.2 Å². The molecule has 0 atom stereocenters. The predicted octanol–water partition coefficient (Wildman–Crippen LogP) is 6.19. The van der Waals surface area contributed by atoms with Crippen molar-refractivity contribution in [2.45, 2.75) is 54.4 Å². The maximum absolute atomic E-state index is 12.9. The summed E-state index contributed by atoms with van der Waals surface area (Å²) in [6.07, 6.45) is -29.8. The fourth-order valence-electron chi connectivity index (χ4n) is 1.18. The van der Waals surface area contributed by atoms with Gasteiger partial charge in [-0.2, -0.15) is 74.6 Å². The monoisotopic (exact) mass is 486 g/mol. The highest BCUT2D eigenvalue weighted by molar-refractivity contribution is 5.03. The molecule has 0 aliphatic rings. The summed E-state index contributed by atoms with van der Waals surface area (Å²) in [5.74, 6) is -40.1. The molecule has 1 nitrogen and oxygen atoms in total. The lowest BCUT2D eigenvalue weighted by atomic mass is 10.0. The largest absolute Gasteiger partial charge is 0.460 e. The number of hydrogen-bond donors (Lipinski definition) is 0. The molecule has 0 rings (SSSR count). The van der Waals surface area contributed by atoms with Gasteiger partial charge in [-0.15, -0.1) is 0 Å². The molecule has 0 fully saturated rings. The standard InChI is InChI=1S/C9HF19O/c10-1(11)2(12,13)3(14,15)5(18,19)8(25,26)29-9(27,28)6(20,21)4(16,17)7(22,23)24/h1H. The van der Waals surface area contributed by atoms with Crippen LogP contribution >= 0.6 is 0 Å². The van der Waals surface area contributed by atoms with E-state index >= 15 is 0 Å². The normalized spacial score (nSPS) is 16.6. The first-order chi connectivity index (χ1) is 12.2. The third-order valence-corrected chi connectivity index (χ3v) is 2.82.